The molecule has 0 aliphatic carbocycles. The van der Waals surface area contributed by atoms with Crippen LogP contribution in [0.1, 0.15) is 5.56 Å². The van der Waals surface area contributed by atoms with Gasteiger partial charge in [0.25, 0.3) is 0 Å². The number of nitrogens with zero attached hydrogens (tertiary/aromatic N) is 4. The number of benzene rings is 1. The molecule has 3 rings (SSSR count). The number of rotatable bonds is 5. The normalized spacial score (nSPS) is 11.8. The zero-order valence-electron chi connectivity index (χ0n) is 12.4. The molecule has 132 valence electrons. The molecule has 2 N–H and O–H groups in total. The molecule has 8 nitrogen and oxygen atoms in total. The van der Waals surface area contributed by atoms with E-state index >= 15 is 0 Å². The fourth-order valence-corrected chi connectivity index (χ4v) is 2.68. The van der Waals surface area contributed by atoms with E-state index in [1.54, 1.807) is 0 Å². The minimum absolute atomic E-state index is 0.0710. The van der Waals surface area contributed by atoms with Gasteiger partial charge in [-0.15, -0.1) is 0 Å². The molecule has 25 heavy (non-hydrogen) atoms. The minimum Gasteiger partial charge on any atom is -0.330 e. The molecule has 2 aromatic heterocycles. The number of halogens is 3. The van der Waals surface area contributed by atoms with Crippen LogP contribution in [0.5, 0.6) is 0 Å². The predicted octanol–water partition coefficient (Wildman–Crippen LogP) is 1.95. The van der Waals surface area contributed by atoms with E-state index in [0.717, 1.165) is 16.7 Å². The van der Waals surface area contributed by atoms with Crippen LogP contribution in [-0.4, -0.2) is 32.3 Å². The molecular formula is C13H10F3N5O3S. The van der Waals surface area contributed by atoms with Gasteiger partial charge in [-0.2, -0.15) is 13.2 Å². The Labute approximate surface area is 141 Å². The Morgan fingerprint density at radius 3 is 2.76 bits per heavy atom. The molecule has 0 aliphatic heterocycles. The van der Waals surface area contributed by atoms with E-state index < -0.39 is 17.5 Å². The molecule has 0 fully saturated rings. The van der Waals surface area contributed by atoms with Crippen molar-refractivity contribution in [2.75, 3.05) is 12.3 Å². The second kappa shape index (κ2) is 6.72. The molecule has 0 bridgehead atoms. The summed E-state index contributed by atoms with van der Waals surface area (Å²) in [6.45, 7) is 0.357. The summed E-state index contributed by atoms with van der Waals surface area (Å²) >= 11 is 1.20. The highest BCUT2D eigenvalue weighted by Gasteiger charge is 2.31. The maximum absolute atomic E-state index is 12.9. The molecular weight excluding hydrogens is 363 g/mol. The van der Waals surface area contributed by atoms with Gasteiger partial charge in [-0.25, -0.2) is 14.0 Å². The van der Waals surface area contributed by atoms with Crippen molar-refractivity contribution in [2.45, 2.75) is 11.2 Å². The molecule has 12 heteroatoms. The van der Waals surface area contributed by atoms with Crippen LogP contribution in [-0.2, 0) is 6.18 Å². The zero-order chi connectivity index (χ0) is 18.0. The van der Waals surface area contributed by atoms with Crippen LogP contribution in [0.2, 0.25) is 0 Å². The van der Waals surface area contributed by atoms with E-state index in [-0.39, 0.29) is 17.2 Å². The lowest BCUT2D eigenvalue weighted by atomic mass is 10.2. The van der Waals surface area contributed by atoms with Crippen LogP contribution in [0.4, 0.5) is 13.2 Å². The number of alkyl halides is 3. The molecule has 0 spiro atoms. The van der Waals surface area contributed by atoms with Crippen molar-refractivity contribution >= 4 is 11.8 Å². The monoisotopic (exact) mass is 373 g/mol. The highest BCUT2D eigenvalue weighted by molar-refractivity contribution is 7.99. The van der Waals surface area contributed by atoms with Crippen molar-refractivity contribution in [1.82, 2.24) is 20.0 Å². The van der Waals surface area contributed by atoms with Crippen LogP contribution >= 0.6 is 11.8 Å². The molecule has 1 aromatic carbocycles. The predicted molar refractivity (Wildman–Crippen MR) is 80.2 cm³/mol. The molecule has 0 aliphatic rings. The number of thioether (sulfide) groups is 1. The largest absolute Gasteiger partial charge is 0.446 e. The first-order valence-corrected chi connectivity index (χ1v) is 7.82. The Morgan fingerprint density at radius 1 is 1.24 bits per heavy atom. The third-order valence-corrected chi connectivity index (χ3v) is 4.04. The topological polar surface area (TPSA) is 113 Å². The Kier molecular flexibility index (Phi) is 4.63. The first-order valence-electron chi connectivity index (χ1n) is 6.84. The van der Waals surface area contributed by atoms with Gasteiger partial charge < -0.3 is 5.73 Å². The lowest BCUT2D eigenvalue weighted by Crippen LogP contribution is -2.15. The van der Waals surface area contributed by atoms with E-state index in [0.29, 0.717) is 17.3 Å². The van der Waals surface area contributed by atoms with Crippen LogP contribution in [0.25, 0.3) is 17.2 Å². The lowest BCUT2D eigenvalue weighted by Gasteiger charge is -2.09. The van der Waals surface area contributed by atoms with Crippen molar-refractivity contribution < 1.29 is 22.3 Å². The van der Waals surface area contributed by atoms with Gasteiger partial charge in [0, 0.05) is 12.3 Å². The van der Waals surface area contributed by atoms with Gasteiger partial charge in [-0.3, -0.25) is 4.52 Å². The summed E-state index contributed by atoms with van der Waals surface area (Å²) in [7, 11) is 0. The third-order valence-electron chi connectivity index (χ3n) is 3.06. The van der Waals surface area contributed by atoms with E-state index in [9.17, 15) is 18.0 Å². The first-order chi connectivity index (χ1) is 11.9. The van der Waals surface area contributed by atoms with Gasteiger partial charge >= 0.3 is 11.9 Å². The fourth-order valence-electron chi connectivity index (χ4n) is 2.02. The lowest BCUT2D eigenvalue weighted by molar-refractivity contribution is -0.137. The Morgan fingerprint density at radius 2 is 2.04 bits per heavy atom. The molecule has 2 heterocycles. The smallest absolute Gasteiger partial charge is 0.330 e. The summed E-state index contributed by atoms with van der Waals surface area (Å²) in [6, 6.07) is 4.19. The minimum atomic E-state index is -4.56. The standard InChI is InChI=1S/C13H10F3N5O3S/c14-13(15,16)7-2-1-3-8(6-7)21-10(19-23-12(21)22)9-11(20-24-18-9)25-5-4-17/h1-3,6H,4-5,17H2. The quantitative estimate of drug-likeness (QED) is 0.675. The van der Waals surface area contributed by atoms with Crippen molar-refractivity contribution in [2.24, 2.45) is 5.73 Å². The average Bonchev–Trinajstić information content (AvgIpc) is 3.18. The third kappa shape index (κ3) is 3.44. The first kappa shape index (κ1) is 17.2. The number of nitrogens with two attached hydrogens (primary N) is 1. The van der Waals surface area contributed by atoms with Crippen molar-refractivity contribution in [3.8, 4) is 17.2 Å². The van der Waals surface area contributed by atoms with Crippen molar-refractivity contribution in [3.63, 3.8) is 0 Å². The molecule has 0 saturated carbocycles. The van der Waals surface area contributed by atoms with Gasteiger partial charge in [-0.1, -0.05) is 23.0 Å². The Hall–Kier alpha value is -2.60. The second-order valence-electron chi connectivity index (χ2n) is 4.71. The van der Waals surface area contributed by atoms with Gasteiger partial charge in [0.15, 0.2) is 10.7 Å². The second-order valence-corrected chi connectivity index (χ2v) is 5.79. The zero-order valence-corrected chi connectivity index (χ0v) is 13.2. The molecule has 0 saturated heterocycles. The molecule has 0 amide bonds. The summed E-state index contributed by atoms with van der Waals surface area (Å²) in [5.41, 5.74) is 4.50. The number of aromatic nitrogens is 4. The summed E-state index contributed by atoms with van der Waals surface area (Å²) in [6.07, 6.45) is -4.56. The molecule has 0 atom stereocenters. The van der Waals surface area contributed by atoms with Crippen LogP contribution < -0.4 is 11.5 Å². The Bertz CT molecular complexity index is 933. The number of hydrogen-bond donors (Lipinski definition) is 1. The number of hydrogen-bond acceptors (Lipinski definition) is 8. The summed E-state index contributed by atoms with van der Waals surface area (Å²) in [4.78, 5) is 12.0. The van der Waals surface area contributed by atoms with Crippen molar-refractivity contribution in [1.29, 1.82) is 0 Å². The summed E-state index contributed by atoms with van der Waals surface area (Å²) < 4.78 is 48.8. The average molecular weight is 373 g/mol. The van der Waals surface area contributed by atoms with Gasteiger partial charge in [0.1, 0.15) is 0 Å². The molecule has 3 aromatic rings. The maximum Gasteiger partial charge on any atom is 0.446 e. The summed E-state index contributed by atoms with van der Waals surface area (Å²) in [5.74, 6) is -0.593. The van der Waals surface area contributed by atoms with Crippen LogP contribution in [0, 0.1) is 0 Å². The van der Waals surface area contributed by atoms with E-state index in [2.05, 4.69) is 24.6 Å². The van der Waals surface area contributed by atoms with E-state index in [1.165, 1.54) is 23.9 Å². The van der Waals surface area contributed by atoms with Gasteiger partial charge in [0.05, 0.1) is 11.3 Å². The highest BCUT2D eigenvalue weighted by atomic mass is 32.2. The molecule has 0 unspecified atom stereocenters. The highest BCUT2D eigenvalue weighted by Crippen LogP contribution is 2.32. The van der Waals surface area contributed by atoms with Crippen LogP contribution in [0.15, 0.2) is 43.2 Å². The van der Waals surface area contributed by atoms with E-state index in [4.69, 9.17) is 5.73 Å². The fraction of sp³-hybridized carbons (Fsp3) is 0.231. The van der Waals surface area contributed by atoms with Crippen LogP contribution in [0.3, 0.4) is 0 Å². The van der Waals surface area contributed by atoms with Crippen molar-refractivity contribution in [3.05, 3.63) is 40.4 Å². The SMILES string of the molecule is NCCSc1nonc1-c1noc(=O)n1-c1cccc(C(F)(F)F)c1. The molecule has 0 radical (unpaired) electrons. The summed E-state index contributed by atoms with van der Waals surface area (Å²) in [5, 5.41) is 11.2. The van der Waals surface area contributed by atoms with Gasteiger partial charge in [0.2, 0.25) is 5.82 Å². The Balaban J connectivity index is 2.10. The maximum atomic E-state index is 12.9. The van der Waals surface area contributed by atoms with E-state index in [1.807, 2.05) is 0 Å². The van der Waals surface area contributed by atoms with Gasteiger partial charge in [-0.05, 0) is 28.5 Å².